The van der Waals surface area contributed by atoms with E-state index in [1.165, 1.54) is 32.1 Å². The van der Waals surface area contributed by atoms with Gasteiger partial charge in [-0.2, -0.15) is 0 Å². The largest absolute Gasteiger partial charge is 0.378 e. The van der Waals surface area contributed by atoms with Gasteiger partial charge in [0.2, 0.25) is 0 Å². The summed E-state index contributed by atoms with van der Waals surface area (Å²) in [5.74, 6) is -0.348. The fourth-order valence-corrected chi connectivity index (χ4v) is 2.65. The lowest BCUT2D eigenvalue weighted by Crippen LogP contribution is -2.31. The van der Waals surface area contributed by atoms with Gasteiger partial charge in [0, 0.05) is 13.2 Å². The molecule has 1 atom stereocenters. The minimum absolute atomic E-state index is 0.348. The fourth-order valence-electron chi connectivity index (χ4n) is 2.65. The quantitative estimate of drug-likeness (QED) is 0.759. The van der Waals surface area contributed by atoms with Crippen molar-refractivity contribution in [1.82, 2.24) is 5.32 Å². The maximum Gasteiger partial charge on any atom is 0.253 e. The molecule has 1 saturated carbocycles. The first-order chi connectivity index (χ1) is 10.3. The summed E-state index contributed by atoms with van der Waals surface area (Å²) in [4.78, 5) is 11.8. The van der Waals surface area contributed by atoms with Crippen LogP contribution in [0.4, 0.5) is 0 Å². The monoisotopic (exact) mass is 291 g/mol. The predicted octanol–water partition coefficient (Wildman–Crippen LogP) is 2.58. The van der Waals surface area contributed by atoms with E-state index in [1.54, 1.807) is 12.1 Å². The van der Waals surface area contributed by atoms with E-state index in [4.69, 9.17) is 4.74 Å². The Labute approximate surface area is 126 Å². The normalized spacial score (nSPS) is 17.4. The van der Waals surface area contributed by atoms with Gasteiger partial charge in [-0.15, -0.1) is 0 Å². The number of amides is 1. The van der Waals surface area contributed by atoms with Crippen molar-refractivity contribution in [3.63, 3.8) is 0 Å². The summed E-state index contributed by atoms with van der Waals surface area (Å²) >= 11 is 0. The number of benzene rings is 1. The highest BCUT2D eigenvalue weighted by Crippen LogP contribution is 2.20. The molecule has 2 rings (SSSR count). The zero-order valence-electron chi connectivity index (χ0n) is 12.5. The van der Waals surface area contributed by atoms with E-state index in [2.05, 4.69) is 5.32 Å². The number of carbonyl (C=O) groups excluding carboxylic acids is 1. The smallest absolute Gasteiger partial charge is 0.253 e. The maximum absolute atomic E-state index is 11.8. The van der Waals surface area contributed by atoms with Gasteiger partial charge in [0.05, 0.1) is 6.10 Å². The molecule has 1 aliphatic rings. The second-order valence-corrected chi connectivity index (χ2v) is 5.59. The van der Waals surface area contributed by atoms with Crippen LogP contribution in [-0.4, -0.2) is 30.3 Å². The zero-order chi connectivity index (χ0) is 14.9. The lowest BCUT2D eigenvalue weighted by atomic mass is 9.98. The maximum atomic E-state index is 11.8. The van der Waals surface area contributed by atoms with Crippen LogP contribution in [0.15, 0.2) is 30.3 Å². The summed E-state index contributed by atoms with van der Waals surface area (Å²) in [5, 5.41) is 12.7. The molecular weight excluding hydrogens is 266 g/mol. The van der Waals surface area contributed by atoms with E-state index in [1.807, 2.05) is 18.2 Å². The predicted molar refractivity (Wildman–Crippen MR) is 81.9 cm³/mol. The van der Waals surface area contributed by atoms with Gasteiger partial charge < -0.3 is 15.2 Å². The van der Waals surface area contributed by atoms with Gasteiger partial charge in [-0.05, 0) is 24.8 Å². The van der Waals surface area contributed by atoms with Crippen LogP contribution in [-0.2, 0) is 9.53 Å². The van der Waals surface area contributed by atoms with Crippen molar-refractivity contribution in [2.24, 2.45) is 0 Å². The molecule has 0 saturated heterocycles. The first-order valence-corrected chi connectivity index (χ1v) is 7.89. The third kappa shape index (κ3) is 5.48. The van der Waals surface area contributed by atoms with Gasteiger partial charge >= 0.3 is 0 Å². The van der Waals surface area contributed by atoms with Crippen molar-refractivity contribution in [3.05, 3.63) is 35.9 Å². The molecule has 1 amide bonds. The van der Waals surface area contributed by atoms with E-state index >= 15 is 0 Å². The summed E-state index contributed by atoms with van der Waals surface area (Å²) < 4.78 is 5.80. The van der Waals surface area contributed by atoms with Crippen LogP contribution in [0.5, 0.6) is 0 Å². The average Bonchev–Trinajstić information content (AvgIpc) is 2.55. The Morgan fingerprint density at radius 1 is 1.24 bits per heavy atom. The summed E-state index contributed by atoms with van der Waals surface area (Å²) in [7, 11) is 0. The lowest BCUT2D eigenvalue weighted by molar-refractivity contribution is -0.129. The van der Waals surface area contributed by atoms with Crippen LogP contribution < -0.4 is 5.32 Å². The third-order valence-corrected chi connectivity index (χ3v) is 3.89. The Morgan fingerprint density at radius 2 is 1.95 bits per heavy atom. The van der Waals surface area contributed by atoms with Crippen LogP contribution >= 0.6 is 0 Å². The molecule has 1 aromatic carbocycles. The van der Waals surface area contributed by atoms with E-state index < -0.39 is 6.10 Å². The van der Waals surface area contributed by atoms with Crippen molar-refractivity contribution >= 4 is 5.91 Å². The molecule has 1 aliphatic carbocycles. The molecule has 0 heterocycles. The lowest BCUT2D eigenvalue weighted by Gasteiger charge is -2.22. The number of aliphatic hydroxyl groups excluding tert-OH is 1. The van der Waals surface area contributed by atoms with Gasteiger partial charge in [0.1, 0.15) is 0 Å². The van der Waals surface area contributed by atoms with Crippen molar-refractivity contribution in [2.75, 3.05) is 13.2 Å². The molecule has 21 heavy (non-hydrogen) atoms. The van der Waals surface area contributed by atoms with Crippen molar-refractivity contribution in [2.45, 2.75) is 50.7 Å². The van der Waals surface area contributed by atoms with Crippen molar-refractivity contribution < 1.29 is 14.6 Å². The highest BCUT2D eigenvalue weighted by Gasteiger charge is 2.16. The van der Waals surface area contributed by atoms with Gasteiger partial charge in [-0.3, -0.25) is 4.79 Å². The van der Waals surface area contributed by atoms with Gasteiger partial charge in [0.15, 0.2) is 6.10 Å². The summed E-state index contributed by atoms with van der Waals surface area (Å²) in [6, 6.07) is 8.97. The molecule has 0 aliphatic heterocycles. The summed E-state index contributed by atoms with van der Waals surface area (Å²) in [5.41, 5.74) is 0.619. The molecule has 0 bridgehead atoms. The van der Waals surface area contributed by atoms with Gasteiger partial charge in [-0.25, -0.2) is 0 Å². The third-order valence-electron chi connectivity index (χ3n) is 3.89. The molecule has 1 aromatic rings. The topological polar surface area (TPSA) is 58.6 Å². The molecule has 0 aromatic heterocycles. The standard InChI is InChI=1S/C17H25NO3/c19-16(14-8-3-1-4-9-14)17(20)18-12-7-13-21-15-10-5-2-6-11-15/h1,3-4,8-9,15-16,19H,2,5-7,10-13H2,(H,18,20). The molecule has 1 fully saturated rings. The number of nitrogens with one attached hydrogen (secondary N) is 1. The first-order valence-electron chi connectivity index (χ1n) is 7.89. The van der Waals surface area contributed by atoms with Crippen LogP contribution in [0.25, 0.3) is 0 Å². The Morgan fingerprint density at radius 3 is 2.67 bits per heavy atom. The van der Waals surface area contributed by atoms with Crippen molar-refractivity contribution in [3.8, 4) is 0 Å². The molecule has 1 unspecified atom stereocenters. The highest BCUT2D eigenvalue weighted by atomic mass is 16.5. The Bertz CT molecular complexity index is 415. The highest BCUT2D eigenvalue weighted by molar-refractivity contribution is 5.81. The Kier molecular flexibility index (Phi) is 6.70. The number of ether oxygens (including phenoxy) is 1. The van der Waals surface area contributed by atoms with Crippen molar-refractivity contribution in [1.29, 1.82) is 0 Å². The minimum atomic E-state index is -1.09. The first kappa shape index (κ1) is 16.0. The number of rotatable bonds is 7. The number of hydrogen-bond donors (Lipinski definition) is 2. The van der Waals surface area contributed by atoms with E-state index in [9.17, 15) is 9.90 Å². The Hall–Kier alpha value is -1.39. The van der Waals surface area contributed by atoms with Crippen LogP contribution in [0, 0.1) is 0 Å². The van der Waals surface area contributed by atoms with E-state index in [-0.39, 0.29) is 5.91 Å². The molecule has 4 nitrogen and oxygen atoms in total. The van der Waals surface area contributed by atoms with Gasteiger partial charge in [-0.1, -0.05) is 49.6 Å². The summed E-state index contributed by atoms with van der Waals surface area (Å²) in [6.07, 6.45) is 6.29. The summed E-state index contributed by atoms with van der Waals surface area (Å²) in [6.45, 7) is 1.21. The molecule has 116 valence electrons. The van der Waals surface area contributed by atoms with E-state index in [0.29, 0.717) is 24.8 Å². The molecule has 0 radical (unpaired) electrons. The molecule has 2 N–H and O–H groups in total. The van der Waals surface area contributed by atoms with Crippen LogP contribution in [0.3, 0.4) is 0 Å². The number of hydrogen-bond acceptors (Lipinski definition) is 3. The average molecular weight is 291 g/mol. The van der Waals surface area contributed by atoms with Crippen LogP contribution in [0.1, 0.15) is 50.2 Å². The second kappa shape index (κ2) is 8.80. The van der Waals surface area contributed by atoms with E-state index in [0.717, 1.165) is 6.42 Å². The number of carbonyl (C=O) groups is 1. The minimum Gasteiger partial charge on any atom is -0.378 e. The Balaban J connectivity index is 1.58. The zero-order valence-corrected chi connectivity index (χ0v) is 12.5. The molecular formula is C17H25NO3. The number of aliphatic hydroxyl groups is 1. The SMILES string of the molecule is O=C(NCCCOC1CCCCC1)C(O)c1ccccc1. The van der Waals surface area contributed by atoms with Crippen LogP contribution in [0.2, 0.25) is 0 Å². The molecule has 4 heteroatoms. The molecule has 0 spiro atoms. The fraction of sp³-hybridized carbons (Fsp3) is 0.588. The second-order valence-electron chi connectivity index (χ2n) is 5.59. The van der Waals surface area contributed by atoms with Gasteiger partial charge in [0.25, 0.3) is 5.91 Å².